The molecule has 4 atom stereocenters. The number of alkyl carbamates (subject to hydrolysis) is 1. The van der Waals surface area contributed by atoms with Crippen molar-refractivity contribution < 1.29 is 23.5 Å². The molecule has 3 N–H and O–H groups in total. The number of hydrogen-bond donors (Lipinski definition) is 3. The van der Waals surface area contributed by atoms with Gasteiger partial charge < -0.3 is 20.7 Å². The molecule has 0 bridgehead atoms. The van der Waals surface area contributed by atoms with Crippen molar-refractivity contribution in [2.24, 2.45) is 11.3 Å². The van der Waals surface area contributed by atoms with Crippen LogP contribution in [0.4, 0.5) is 9.18 Å². The highest BCUT2D eigenvalue weighted by atomic mass is 35.5. The number of rotatable bonds is 6. The standard InChI is InChI=1S/C26H36Cl2FN3O4/c1-14(33)30-18-12-15(13-19(18)31-24(35)36-25(2,3)4)23(34)32-22(26(5)10-6-7-11-26)20-17(29)9-8-16(27)21(20)28/h8-9,15,18-19,22H,6-7,10-13H2,1-5H3,(H,30,33)(H,31,35)(H,32,34)/t15?,18-,19+,22+/m0/s1. The van der Waals surface area contributed by atoms with E-state index in [0.29, 0.717) is 12.8 Å². The molecule has 2 aliphatic rings. The molecule has 0 aromatic heterocycles. The maximum atomic E-state index is 15.1. The van der Waals surface area contributed by atoms with Crippen molar-refractivity contribution in [1.82, 2.24) is 16.0 Å². The molecule has 10 heteroatoms. The van der Waals surface area contributed by atoms with Gasteiger partial charge in [0.05, 0.1) is 22.1 Å². The fraction of sp³-hybridized carbons (Fsp3) is 0.654. The van der Waals surface area contributed by atoms with Gasteiger partial charge in [0, 0.05) is 24.4 Å². The smallest absolute Gasteiger partial charge is 0.407 e. The van der Waals surface area contributed by atoms with Gasteiger partial charge in [0.25, 0.3) is 0 Å². The van der Waals surface area contributed by atoms with E-state index in [-0.39, 0.29) is 27.4 Å². The highest BCUT2D eigenvalue weighted by Crippen LogP contribution is 2.50. The minimum Gasteiger partial charge on any atom is -0.444 e. The van der Waals surface area contributed by atoms with Crippen LogP contribution in [0.3, 0.4) is 0 Å². The Morgan fingerprint density at radius 3 is 2.22 bits per heavy atom. The number of carbonyl (C=O) groups is 3. The van der Waals surface area contributed by atoms with Crippen molar-refractivity contribution in [2.45, 2.75) is 96.9 Å². The third-order valence-corrected chi connectivity index (χ3v) is 7.94. The number of amides is 3. The molecule has 200 valence electrons. The number of nitrogens with one attached hydrogen (secondary N) is 3. The summed E-state index contributed by atoms with van der Waals surface area (Å²) in [6, 6.07) is 1.06. The van der Waals surface area contributed by atoms with Crippen LogP contribution in [0.15, 0.2) is 12.1 Å². The van der Waals surface area contributed by atoms with Gasteiger partial charge in [-0.05, 0) is 64.0 Å². The van der Waals surface area contributed by atoms with Crippen molar-refractivity contribution in [3.8, 4) is 0 Å². The average molecular weight is 544 g/mol. The van der Waals surface area contributed by atoms with E-state index in [1.54, 1.807) is 20.8 Å². The number of carbonyl (C=O) groups excluding carboxylic acids is 3. The lowest BCUT2D eigenvalue weighted by Gasteiger charge is -2.36. The highest BCUT2D eigenvalue weighted by Gasteiger charge is 2.45. The van der Waals surface area contributed by atoms with E-state index in [4.69, 9.17) is 27.9 Å². The van der Waals surface area contributed by atoms with Crippen molar-refractivity contribution in [3.05, 3.63) is 33.6 Å². The minimum atomic E-state index is -0.687. The summed E-state index contributed by atoms with van der Waals surface area (Å²) in [7, 11) is 0. The third-order valence-electron chi connectivity index (χ3n) is 7.12. The second kappa shape index (κ2) is 11.1. The molecule has 36 heavy (non-hydrogen) atoms. The summed E-state index contributed by atoms with van der Waals surface area (Å²) in [6.07, 6.45) is 3.56. The Kier molecular flexibility index (Phi) is 8.82. The first-order valence-corrected chi connectivity index (χ1v) is 13.2. The molecule has 1 unspecified atom stereocenters. The maximum Gasteiger partial charge on any atom is 0.407 e. The van der Waals surface area contributed by atoms with E-state index >= 15 is 4.39 Å². The summed E-state index contributed by atoms with van der Waals surface area (Å²) in [6.45, 7) is 8.69. The summed E-state index contributed by atoms with van der Waals surface area (Å²) in [5.74, 6) is -1.58. The number of ether oxygens (including phenoxy) is 1. The predicted molar refractivity (Wildman–Crippen MR) is 137 cm³/mol. The molecule has 0 heterocycles. The first-order valence-electron chi connectivity index (χ1n) is 12.4. The van der Waals surface area contributed by atoms with Crippen LogP contribution in [-0.4, -0.2) is 35.6 Å². The first-order chi connectivity index (χ1) is 16.7. The molecule has 2 fully saturated rings. The molecule has 0 spiro atoms. The van der Waals surface area contributed by atoms with Gasteiger partial charge in [-0.15, -0.1) is 0 Å². The summed E-state index contributed by atoms with van der Waals surface area (Å²) in [4.78, 5) is 37.8. The molecule has 1 aromatic rings. The molecule has 0 aliphatic heterocycles. The largest absolute Gasteiger partial charge is 0.444 e. The Labute approximate surface area is 222 Å². The van der Waals surface area contributed by atoms with E-state index in [2.05, 4.69) is 16.0 Å². The number of halogens is 3. The zero-order chi connectivity index (χ0) is 26.8. The van der Waals surface area contributed by atoms with Gasteiger partial charge in [-0.1, -0.05) is 43.0 Å². The summed E-state index contributed by atoms with van der Waals surface area (Å²) in [5.41, 5.74) is -0.885. The zero-order valence-electron chi connectivity index (χ0n) is 21.5. The van der Waals surface area contributed by atoms with Crippen LogP contribution < -0.4 is 16.0 Å². The minimum absolute atomic E-state index is 0.0992. The van der Waals surface area contributed by atoms with Crippen LogP contribution in [-0.2, 0) is 14.3 Å². The molecule has 2 aliphatic carbocycles. The third kappa shape index (κ3) is 6.82. The van der Waals surface area contributed by atoms with Crippen LogP contribution in [0.25, 0.3) is 0 Å². The Hall–Kier alpha value is -2.06. The van der Waals surface area contributed by atoms with Crippen molar-refractivity contribution in [1.29, 1.82) is 0 Å². The molecule has 3 amide bonds. The molecule has 2 saturated carbocycles. The zero-order valence-corrected chi connectivity index (χ0v) is 23.0. The SMILES string of the molecule is CC(=O)N[C@H]1CC(C(=O)N[C@H](c2c(F)ccc(Cl)c2Cl)C2(C)CCCC2)C[C@H]1NC(=O)OC(C)(C)C. The molecule has 7 nitrogen and oxygen atoms in total. The molecule has 0 saturated heterocycles. The Morgan fingerprint density at radius 2 is 1.67 bits per heavy atom. The fourth-order valence-electron chi connectivity index (χ4n) is 5.42. The maximum absolute atomic E-state index is 15.1. The second-order valence-electron chi connectivity index (χ2n) is 11.3. The van der Waals surface area contributed by atoms with E-state index < -0.39 is 47.0 Å². The normalized spacial score (nSPS) is 24.2. The van der Waals surface area contributed by atoms with Crippen LogP contribution in [0.1, 0.15) is 84.7 Å². The topological polar surface area (TPSA) is 96.5 Å². The van der Waals surface area contributed by atoms with Gasteiger partial charge in [-0.2, -0.15) is 0 Å². The van der Waals surface area contributed by atoms with Crippen LogP contribution in [0, 0.1) is 17.2 Å². The molecular formula is C26H36Cl2FN3O4. The second-order valence-corrected chi connectivity index (χ2v) is 12.1. The van der Waals surface area contributed by atoms with Gasteiger partial charge in [0.2, 0.25) is 11.8 Å². The summed E-state index contributed by atoms with van der Waals surface area (Å²) >= 11 is 12.7. The molecule has 0 radical (unpaired) electrons. The van der Waals surface area contributed by atoms with E-state index in [1.807, 2.05) is 6.92 Å². The number of hydrogen-bond acceptors (Lipinski definition) is 4. The average Bonchev–Trinajstić information content (AvgIpc) is 3.35. The van der Waals surface area contributed by atoms with Crippen LogP contribution >= 0.6 is 23.2 Å². The van der Waals surface area contributed by atoms with Crippen molar-refractivity contribution in [2.75, 3.05) is 0 Å². The monoisotopic (exact) mass is 543 g/mol. The van der Waals surface area contributed by atoms with Gasteiger partial charge in [-0.3, -0.25) is 9.59 Å². The Bertz CT molecular complexity index is 1010. The fourth-order valence-corrected chi connectivity index (χ4v) is 5.85. The lowest BCUT2D eigenvalue weighted by molar-refractivity contribution is -0.127. The van der Waals surface area contributed by atoms with E-state index in [1.165, 1.54) is 19.1 Å². The summed E-state index contributed by atoms with van der Waals surface area (Å²) in [5, 5.41) is 9.02. The quantitative estimate of drug-likeness (QED) is 0.402. The van der Waals surface area contributed by atoms with Gasteiger partial charge in [-0.25, -0.2) is 9.18 Å². The van der Waals surface area contributed by atoms with E-state index in [9.17, 15) is 14.4 Å². The van der Waals surface area contributed by atoms with E-state index in [0.717, 1.165) is 25.7 Å². The first kappa shape index (κ1) is 28.5. The highest BCUT2D eigenvalue weighted by molar-refractivity contribution is 6.42. The Balaban J connectivity index is 1.83. The van der Waals surface area contributed by atoms with Crippen molar-refractivity contribution in [3.63, 3.8) is 0 Å². The lowest BCUT2D eigenvalue weighted by Crippen LogP contribution is -2.49. The summed E-state index contributed by atoms with van der Waals surface area (Å²) < 4.78 is 20.4. The van der Waals surface area contributed by atoms with Crippen LogP contribution in [0.5, 0.6) is 0 Å². The van der Waals surface area contributed by atoms with Gasteiger partial charge >= 0.3 is 6.09 Å². The molecule has 1 aromatic carbocycles. The van der Waals surface area contributed by atoms with Crippen molar-refractivity contribution >= 4 is 41.1 Å². The predicted octanol–water partition coefficient (Wildman–Crippen LogP) is 5.68. The Morgan fingerprint density at radius 1 is 1.08 bits per heavy atom. The molecule has 3 rings (SSSR count). The number of benzene rings is 1. The van der Waals surface area contributed by atoms with Crippen LogP contribution in [0.2, 0.25) is 10.0 Å². The lowest BCUT2D eigenvalue weighted by atomic mass is 9.76. The van der Waals surface area contributed by atoms with Gasteiger partial charge in [0.15, 0.2) is 0 Å². The van der Waals surface area contributed by atoms with Gasteiger partial charge in [0.1, 0.15) is 11.4 Å². The molecular weight excluding hydrogens is 508 g/mol.